The fraction of sp³-hybridized carbons (Fsp3) is 0.607. The Morgan fingerprint density at radius 1 is 1.10 bits per heavy atom. The molecule has 1 saturated carbocycles. The first kappa shape index (κ1) is 21.4. The Morgan fingerprint density at radius 2 is 1.83 bits per heavy atom. The number of fused-ring (bicyclic) bond motifs is 3. The summed E-state index contributed by atoms with van der Waals surface area (Å²) in [6.07, 6.45) is 11.9. The normalized spacial score (nSPS) is 34.3. The Labute approximate surface area is 183 Å². The molecule has 5 atom stereocenters. The number of hydrogen-bond acceptors (Lipinski definition) is 1. The average molecular weight is 406 g/mol. The lowest BCUT2D eigenvalue weighted by Gasteiger charge is -2.57. The van der Waals surface area contributed by atoms with Gasteiger partial charge < -0.3 is 5.32 Å². The standard InChI is InChI=1S/C28H39NO/c1-19(2)22-12-14-24-23(18-22)13-15-25-27(24,4)16-9-17-28(25,5)26(30)29-20(3)21-10-7-6-8-11-21/h6-8,10-11,13,18-20,24-25H,9,12,14-17H2,1-5H3,(H,29,30)/t20?,24-,25?,27+,28+/m0/s1. The van der Waals surface area contributed by atoms with Crippen LogP contribution in [0, 0.1) is 28.6 Å². The second kappa shape index (κ2) is 8.02. The molecular weight excluding hydrogens is 366 g/mol. The third-order valence-electron chi connectivity index (χ3n) is 8.75. The topological polar surface area (TPSA) is 29.1 Å². The molecular formula is C28H39NO. The molecule has 0 saturated heterocycles. The van der Waals surface area contributed by atoms with E-state index in [0.29, 0.717) is 17.8 Å². The van der Waals surface area contributed by atoms with Crippen LogP contribution in [0.3, 0.4) is 0 Å². The third-order valence-corrected chi connectivity index (χ3v) is 8.75. The SMILES string of the molecule is CC(C)C1=CC2=CCC3[C@](C)(C(=O)NC(C)c4ccccc4)CCC[C@]3(C)[C@H]2CC1. The number of carbonyl (C=O) groups excluding carboxylic acids is 1. The van der Waals surface area contributed by atoms with E-state index < -0.39 is 0 Å². The molecule has 0 aromatic heterocycles. The van der Waals surface area contributed by atoms with Crippen molar-refractivity contribution in [3.8, 4) is 0 Å². The minimum Gasteiger partial charge on any atom is -0.349 e. The van der Waals surface area contributed by atoms with E-state index >= 15 is 0 Å². The number of benzene rings is 1. The number of nitrogens with one attached hydrogen (secondary N) is 1. The minimum atomic E-state index is -0.292. The van der Waals surface area contributed by atoms with Gasteiger partial charge in [-0.05, 0) is 73.3 Å². The number of amides is 1. The maximum atomic E-state index is 13.7. The van der Waals surface area contributed by atoms with Gasteiger partial charge in [-0.15, -0.1) is 0 Å². The Kier molecular flexibility index (Phi) is 5.72. The molecule has 1 aromatic carbocycles. The molecule has 1 amide bonds. The molecule has 4 rings (SSSR count). The summed E-state index contributed by atoms with van der Waals surface area (Å²) in [5, 5.41) is 3.38. The van der Waals surface area contributed by atoms with Crippen LogP contribution in [0.25, 0.3) is 0 Å². The molecule has 3 aliphatic carbocycles. The van der Waals surface area contributed by atoms with Crippen molar-refractivity contribution in [3.05, 3.63) is 59.2 Å². The summed E-state index contributed by atoms with van der Waals surface area (Å²) in [4.78, 5) is 13.7. The van der Waals surface area contributed by atoms with Gasteiger partial charge in [0.2, 0.25) is 5.91 Å². The predicted molar refractivity (Wildman–Crippen MR) is 125 cm³/mol. The summed E-state index contributed by atoms with van der Waals surface area (Å²) in [7, 11) is 0. The van der Waals surface area contributed by atoms with Crippen molar-refractivity contribution in [2.45, 2.75) is 79.2 Å². The maximum absolute atomic E-state index is 13.7. The van der Waals surface area contributed by atoms with Gasteiger partial charge in [-0.2, -0.15) is 0 Å². The van der Waals surface area contributed by atoms with Crippen molar-refractivity contribution in [3.63, 3.8) is 0 Å². The highest BCUT2D eigenvalue weighted by Gasteiger charge is 2.57. The summed E-state index contributed by atoms with van der Waals surface area (Å²) in [6.45, 7) is 11.5. The van der Waals surface area contributed by atoms with Crippen LogP contribution in [0.4, 0.5) is 0 Å². The number of hydrogen-bond donors (Lipinski definition) is 1. The Morgan fingerprint density at radius 3 is 2.53 bits per heavy atom. The zero-order chi connectivity index (χ0) is 21.5. The number of allylic oxidation sites excluding steroid dienone is 4. The minimum absolute atomic E-state index is 0.0459. The van der Waals surface area contributed by atoms with E-state index in [1.807, 2.05) is 18.2 Å². The van der Waals surface area contributed by atoms with Crippen molar-refractivity contribution in [2.24, 2.45) is 28.6 Å². The predicted octanol–water partition coefficient (Wildman–Crippen LogP) is 7.00. The Hall–Kier alpha value is -1.83. The highest BCUT2D eigenvalue weighted by atomic mass is 16.2. The van der Waals surface area contributed by atoms with Crippen LogP contribution >= 0.6 is 0 Å². The van der Waals surface area contributed by atoms with Crippen molar-refractivity contribution in [1.82, 2.24) is 5.32 Å². The second-order valence-electron chi connectivity index (χ2n) is 10.8. The van der Waals surface area contributed by atoms with Crippen molar-refractivity contribution in [2.75, 3.05) is 0 Å². The smallest absolute Gasteiger partial charge is 0.226 e. The van der Waals surface area contributed by atoms with Gasteiger partial charge in [-0.25, -0.2) is 0 Å². The van der Waals surface area contributed by atoms with Gasteiger partial charge in [0.1, 0.15) is 0 Å². The molecule has 0 radical (unpaired) electrons. The molecule has 30 heavy (non-hydrogen) atoms. The van der Waals surface area contributed by atoms with Crippen LogP contribution in [-0.2, 0) is 4.79 Å². The maximum Gasteiger partial charge on any atom is 0.226 e. The van der Waals surface area contributed by atoms with Gasteiger partial charge in [0, 0.05) is 0 Å². The molecule has 3 aliphatic rings. The van der Waals surface area contributed by atoms with Gasteiger partial charge in [-0.3, -0.25) is 4.79 Å². The molecule has 0 aliphatic heterocycles. The zero-order valence-electron chi connectivity index (χ0n) is 19.5. The number of rotatable bonds is 4. The van der Waals surface area contributed by atoms with E-state index in [4.69, 9.17) is 0 Å². The van der Waals surface area contributed by atoms with E-state index in [1.54, 1.807) is 11.1 Å². The van der Waals surface area contributed by atoms with Gasteiger partial charge in [0.25, 0.3) is 0 Å². The van der Waals surface area contributed by atoms with E-state index in [2.05, 4.69) is 64.2 Å². The summed E-state index contributed by atoms with van der Waals surface area (Å²) in [6, 6.07) is 10.4. The van der Waals surface area contributed by atoms with Crippen LogP contribution in [0.5, 0.6) is 0 Å². The molecule has 2 unspecified atom stereocenters. The van der Waals surface area contributed by atoms with Gasteiger partial charge in [0.05, 0.1) is 11.5 Å². The molecule has 0 spiro atoms. The fourth-order valence-corrected chi connectivity index (χ4v) is 6.80. The van der Waals surface area contributed by atoms with Crippen LogP contribution in [-0.4, -0.2) is 5.91 Å². The molecule has 162 valence electrons. The lowest BCUT2D eigenvalue weighted by atomic mass is 9.46. The molecule has 1 N–H and O–H groups in total. The summed E-state index contributed by atoms with van der Waals surface area (Å²) < 4.78 is 0. The quantitative estimate of drug-likeness (QED) is 0.574. The Balaban J connectivity index is 1.59. The molecule has 2 nitrogen and oxygen atoms in total. The van der Waals surface area contributed by atoms with E-state index in [9.17, 15) is 4.79 Å². The van der Waals surface area contributed by atoms with Gasteiger partial charge >= 0.3 is 0 Å². The lowest BCUT2D eigenvalue weighted by molar-refractivity contribution is -0.145. The summed E-state index contributed by atoms with van der Waals surface area (Å²) in [5.74, 6) is 1.92. The zero-order valence-corrected chi connectivity index (χ0v) is 19.5. The molecule has 0 bridgehead atoms. The molecule has 1 aromatic rings. The Bertz CT molecular complexity index is 851. The lowest BCUT2D eigenvalue weighted by Crippen LogP contribution is -2.55. The average Bonchev–Trinajstić information content (AvgIpc) is 2.73. The van der Waals surface area contributed by atoms with Crippen LogP contribution in [0.15, 0.2) is 53.6 Å². The van der Waals surface area contributed by atoms with Crippen LogP contribution in [0.2, 0.25) is 0 Å². The highest BCUT2D eigenvalue weighted by Crippen LogP contribution is 2.62. The van der Waals surface area contributed by atoms with E-state index in [0.717, 1.165) is 19.3 Å². The van der Waals surface area contributed by atoms with Crippen molar-refractivity contribution in [1.29, 1.82) is 0 Å². The van der Waals surface area contributed by atoms with Crippen LogP contribution < -0.4 is 5.32 Å². The van der Waals surface area contributed by atoms with E-state index in [1.165, 1.54) is 24.8 Å². The third kappa shape index (κ3) is 3.57. The summed E-state index contributed by atoms with van der Waals surface area (Å²) in [5.41, 5.74) is 4.28. The molecule has 0 heterocycles. The van der Waals surface area contributed by atoms with Crippen molar-refractivity contribution >= 4 is 5.91 Å². The van der Waals surface area contributed by atoms with E-state index in [-0.39, 0.29) is 22.8 Å². The first-order valence-corrected chi connectivity index (χ1v) is 12.0. The monoisotopic (exact) mass is 405 g/mol. The van der Waals surface area contributed by atoms with Crippen molar-refractivity contribution < 1.29 is 4.79 Å². The summed E-state index contributed by atoms with van der Waals surface area (Å²) >= 11 is 0. The first-order chi connectivity index (χ1) is 14.3. The largest absolute Gasteiger partial charge is 0.349 e. The van der Waals surface area contributed by atoms with Gasteiger partial charge in [0.15, 0.2) is 0 Å². The molecule has 1 fully saturated rings. The van der Waals surface area contributed by atoms with Crippen LogP contribution in [0.1, 0.15) is 84.7 Å². The van der Waals surface area contributed by atoms with Gasteiger partial charge in [-0.1, -0.05) is 82.2 Å². The first-order valence-electron chi connectivity index (χ1n) is 12.0. The second-order valence-corrected chi connectivity index (χ2v) is 10.8. The molecule has 2 heteroatoms. The number of carbonyl (C=O) groups is 1. The fourth-order valence-electron chi connectivity index (χ4n) is 6.80. The highest BCUT2D eigenvalue weighted by molar-refractivity contribution is 5.83.